The fraction of sp³-hybridized carbons (Fsp3) is 0.467. The summed E-state index contributed by atoms with van der Waals surface area (Å²) in [5.41, 5.74) is 1.97. The van der Waals surface area contributed by atoms with E-state index in [2.05, 4.69) is 5.32 Å². The highest BCUT2D eigenvalue weighted by Gasteiger charge is 2.21. The molecule has 1 aromatic rings. The summed E-state index contributed by atoms with van der Waals surface area (Å²) < 4.78 is 0. The summed E-state index contributed by atoms with van der Waals surface area (Å²) in [6, 6.07) is 7.72. The number of halogens is 2. The third-order valence-corrected chi connectivity index (χ3v) is 3.77. The van der Waals surface area contributed by atoms with E-state index in [1.165, 1.54) is 0 Å². The van der Waals surface area contributed by atoms with Crippen molar-refractivity contribution in [3.05, 3.63) is 29.8 Å². The van der Waals surface area contributed by atoms with Crippen LogP contribution in [0, 0.1) is 6.92 Å². The van der Waals surface area contributed by atoms with Gasteiger partial charge in [-0.1, -0.05) is 17.7 Å². The van der Waals surface area contributed by atoms with Crippen molar-refractivity contribution in [2.45, 2.75) is 6.92 Å². The minimum atomic E-state index is -0.0413. The third-order valence-electron chi connectivity index (χ3n) is 3.54. The lowest BCUT2D eigenvalue weighted by Gasteiger charge is -2.33. The van der Waals surface area contributed by atoms with E-state index in [-0.39, 0.29) is 30.1 Å². The van der Waals surface area contributed by atoms with Crippen molar-refractivity contribution in [3.63, 3.8) is 0 Å². The average molecular weight is 345 g/mol. The van der Waals surface area contributed by atoms with Crippen LogP contribution in [0.2, 0.25) is 0 Å². The summed E-state index contributed by atoms with van der Waals surface area (Å²) in [7, 11) is 0. The van der Waals surface area contributed by atoms with Crippen molar-refractivity contribution in [2.75, 3.05) is 43.9 Å². The number of amides is 2. The first-order valence-electron chi connectivity index (χ1n) is 7.01. The van der Waals surface area contributed by atoms with Crippen LogP contribution in [0.15, 0.2) is 24.3 Å². The van der Waals surface area contributed by atoms with E-state index >= 15 is 0 Å². The molecule has 1 aromatic carbocycles. The molecule has 0 atom stereocenters. The van der Waals surface area contributed by atoms with Crippen LogP contribution in [0.1, 0.15) is 5.56 Å². The number of nitrogens with zero attached hydrogens (tertiary/aromatic N) is 2. The Morgan fingerprint density at radius 1 is 1.14 bits per heavy atom. The highest BCUT2D eigenvalue weighted by molar-refractivity contribution is 6.27. The smallest absolute Gasteiger partial charge is 0.238 e. The lowest BCUT2D eigenvalue weighted by molar-refractivity contribution is -0.130. The predicted molar refractivity (Wildman–Crippen MR) is 83.5 cm³/mol. The second kappa shape index (κ2) is 8.98. The quantitative estimate of drug-likeness (QED) is 0.664. The normalized spacial score (nSPS) is 15.1. The molecule has 5 nitrogen and oxygen atoms in total. The zero-order valence-corrected chi connectivity index (χ0v) is 14.0. The van der Waals surface area contributed by atoms with Gasteiger partial charge in [0.1, 0.15) is 5.88 Å². The summed E-state index contributed by atoms with van der Waals surface area (Å²) in [5.74, 6) is -0.0510. The van der Waals surface area contributed by atoms with Gasteiger partial charge in [-0.25, -0.2) is 0 Å². The Hall–Kier alpha value is -1.30. The van der Waals surface area contributed by atoms with E-state index < -0.39 is 0 Å². The van der Waals surface area contributed by atoms with Gasteiger partial charge in [-0.15, -0.1) is 11.6 Å². The summed E-state index contributed by atoms with van der Waals surface area (Å²) >= 11 is 5.54. The molecule has 22 heavy (non-hydrogen) atoms. The first-order valence-corrected chi connectivity index (χ1v) is 7.54. The number of alkyl halides is 1. The van der Waals surface area contributed by atoms with Gasteiger partial charge in [0.25, 0.3) is 0 Å². The van der Waals surface area contributed by atoms with Crippen molar-refractivity contribution in [2.24, 2.45) is 0 Å². The molecule has 0 aromatic heterocycles. The molecular weight excluding hydrogens is 325 g/mol. The molecule has 0 aliphatic carbocycles. The standard InChI is InChI=1S/C15H20ClN3O2.ClH/c1-12-2-4-13(5-3-12)17-14(20)11-18-6-8-19(9-7-18)15(21)10-16;/h2-5H,6-11H2,1H3,(H,17,20);1H/p-1. The van der Waals surface area contributed by atoms with Crippen molar-refractivity contribution < 1.29 is 22.0 Å². The number of rotatable bonds is 4. The molecule has 0 bridgehead atoms. The number of hydrogen-bond acceptors (Lipinski definition) is 3. The van der Waals surface area contributed by atoms with Gasteiger partial charge in [0.05, 0.1) is 6.54 Å². The average Bonchev–Trinajstić information content (AvgIpc) is 2.49. The molecule has 0 unspecified atom stereocenters. The van der Waals surface area contributed by atoms with E-state index in [1.807, 2.05) is 36.1 Å². The monoisotopic (exact) mass is 344 g/mol. The first-order chi connectivity index (χ1) is 10.1. The molecule has 122 valence electrons. The van der Waals surface area contributed by atoms with Gasteiger partial charge in [0.15, 0.2) is 0 Å². The Kier molecular flexibility index (Phi) is 7.65. The summed E-state index contributed by atoms with van der Waals surface area (Å²) in [4.78, 5) is 27.2. The Labute approximate surface area is 142 Å². The van der Waals surface area contributed by atoms with E-state index in [1.54, 1.807) is 4.90 Å². The SMILES string of the molecule is Cc1ccc(NC(=O)CN2CCN(C(=O)CCl)CC2)cc1.[Cl-]. The number of aryl methyl sites for hydroxylation is 1. The molecule has 2 rings (SSSR count). The van der Waals surface area contributed by atoms with Crippen molar-refractivity contribution in [3.8, 4) is 0 Å². The lowest BCUT2D eigenvalue weighted by atomic mass is 10.2. The Morgan fingerprint density at radius 2 is 1.73 bits per heavy atom. The maximum Gasteiger partial charge on any atom is 0.238 e. The minimum absolute atomic E-state index is 0. The van der Waals surface area contributed by atoms with Crippen LogP contribution >= 0.6 is 11.6 Å². The highest BCUT2D eigenvalue weighted by Crippen LogP contribution is 2.09. The van der Waals surface area contributed by atoms with Gasteiger partial charge in [0.2, 0.25) is 11.8 Å². The molecule has 0 spiro atoms. The number of hydrogen-bond donors (Lipinski definition) is 1. The lowest BCUT2D eigenvalue weighted by Crippen LogP contribution is -3.00. The molecule has 7 heteroatoms. The molecule has 1 aliphatic heterocycles. The predicted octanol–water partition coefficient (Wildman–Crippen LogP) is -1.68. The molecule has 0 saturated carbocycles. The van der Waals surface area contributed by atoms with Crippen LogP contribution in [0.3, 0.4) is 0 Å². The number of nitrogens with one attached hydrogen (secondary N) is 1. The minimum Gasteiger partial charge on any atom is -1.00 e. The van der Waals surface area contributed by atoms with Crippen LogP contribution in [-0.4, -0.2) is 60.2 Å². The molecule has 1 fully saturated rings. The number of piperazine rings is 1. The van der Waals surface area contributed by atoms with Crippen molar-refractivity contribution >= 4 is 29.1 Å². The largest absolute Gasteiger partial charge is 1.00 e. The van der Waals surface area contributed by atoms with Crippen LogP contribution in [0.5, 0.6) is 0 Å². The molecular formula is C15H20Cl2N3O2-. The van der Waals surface area contributed by atoms with Gasteiger partial charge in [-0.3, -0.25) is 14.5 Å². The molecule has 2 amide bonds. The topological polar surface area (TPSA) is 52.7 Å². The van der Waals surface area contributed by atoms with E-state index in [9.17, 15) is 9.59 Å². The fourth-order valence-electron chi connectivity index (χ4n) is 2.28. The zero-order valence-electron chi connectivity index (χ0n) is 12.5. The number of carbonyl (C=O) groups is 2. The van der Waals surface area contributed by atoms with Gasteiger partial charge in [-0.05, 0) is 19.1 Å². The van der Waals surface area contributed by atoms with Gasteiger partial charge in [-0.2, -0.15) is 0 Å². The summed E-state index contributed by atoms with van der Waals surface area (Å²) in [5, 5.41) is 2.88. The molecule has 0 radical (unpaired) electrons. The van der Waals surface area contributed by atoms with Crippen LogP contribution in [0.25, 0.3) is 0 Å². The van der Waals surface area contributed by atoms with Gasteiger partial charge in [0, 0.05) is 31.9 Å². The maximum atomic E-state index is 12.0. The fourth-order valence-corrected chi connectivity index (χ4v) is 2.45. The van der Waals surface area contributed by atoms with E-state index in [0.29, 0.717) is 32.7 Å². The Balaban J connectivity index is 0.00000242. The Morgan fingerprint density at radius 3 is 2.27 bits per heavy atom. The van der Waals surface area contributed by atoms with Gasteiger partial charge >= 0.3 is 0 Å². The van der Waals surface area contributed by atoms with Crippen LogP contribution in [-0.2, 0) is 9.59 Å². The van der Waals surface area contributed by atoms with Crippen molar-refractivity contribution in [1.29, 1.82) is 0 Å². The van der Waals surface area contributed by atoms with E-state index in [0.717, 1.165) is 11.3 Å². The van der Waals surface area contributed by atoms with E-state index in [4.69, 9.17) is 11.6 Å². The third kappa shape index (κ3) is 5.48. The Bertz CT molecular complexity index is 500. The highest BCUT2D eigenvalue weighted by atomic mass is 35.5. The van der Waals surface area contributed by atoms with Gasteiger partial charge < -0.3 is 22.6 Å². The molecule has 1 aliphatic rings. The van der Waals surface area contributed by atoms with Crippen molar-refractivity contribution in [1.82, 2.24) is 9.80 Å². The molecule has 1 N–H and O–H groups in total. The molecule has 1 heterocycles. The van der Waals surface area contributed by atoms with Crippen LogP contribution in [0.4, 0.5) is 5.69 Å². The zero-order chi connectivity index (χ0) is 15.2. The second-order valence-corrected chi connectivity index (χ2v) is 5.47. The van der Waals surface area contributed by atoms with Crippen LogP contribution < -0.4 is 17.7 Å². The first kappa shape index (κ1) is 18.7. The maximum absolute atomic E-state index is 12.0. The second-order valence-electron chi connectivity index (χ2n) is 5.20. The number of carbonyl (C=O) groups excluding carboxylic acids is 2. The summed E-state index contributed by atoms with van der Waals surface area (Å²) in [6.07, 6.45) is 0. The summed E-state index contributed by atoms with van der Waals surface area (Å²) in [6.45, 7) is 5.00. The molecule has 1 saturated heterocycles. The number of benzene rings is 1. The number of anilines is 1.